The number of nitrogens with one attached hydrogen (secondary N) is 1. The molecule has 0 spiro atoms. The Labute approximate surface area is 234 Å². The summed E-state index contributed by atoms with van der Waals surface area (Å²) in [6.45, 7) is 3.50. The summed E-state index contributed by atoms with van der Waals surface area (Å²) >= 11 is 0. The van der Waals surface area contributed by atoms with Crippen molar-refractivity contribution in [1.82, 2.24) is 30.2 Å². The number of nitrogens with zero attached hydrogens (tertiary/aromatic N) is 7. The minimum absolute atomic E-state index is 0.0153. The number of piperazine rings is 1. The molecule has 6 heterocycles. The highest BCUT2D eigenvalue weighted by molar-refractivity contribution is 5.95. The number of alkyl halides is 1. The Bertz CT molecular complexity index is 1670. The van der Waals surface area contributed by atoms with Crippen molar-refractivity contribution in [2.24, 2.45) is 0 Å². The van der Waals surface area contributed by atoms with E-state index in [1.807, 2.05) is 6.07 Å². The van der Waals surface area contributed by atoms with Gasteiger partial charge in [0, 0.05) is 56.0 Å². The monoisotopic (exact) mass is 561 g/mol. The number of anilines is 2. The second kappa shape index (κ2) is 10.0. The average molecular weight is 562 g/mol. The molecule has 0 bridgehead atoms. The van der Waals surface area contributed by atoms with E-state index in [0.717, 1.165) is 19.4 Å². The van der Waals surface area contributed by atoms with Crippen LogP contribution in [0.15, 0.2) is 28.8 Å². The van der Waals surface area contributed by atoms with Crippen molar-refractivity contribution in [3.63, 3.8) is 0 Å². The lowest BCUT2D eigenvalue weighted by atomic mass is 9.95. The standard InChI is InChI=1S/C28H29F2N9O2/c29-17-11-28(5-1-8-39(28)13-17)15-40-27-35-21-10-16(19-2-3-20(30)24-22(19)36-26(32)41-24)12-34-23(21)25(37-27)38-9-7-33-18(14-38)4-6-31/h2-3,10,12,17-18,33H,1,4-5,7-9,11,13-15H2,(H2,32,36)/t17-,18+,28?/m1/s1. The summed E-state index contributed by atoms with van der Waals surface area (Å²) in [6.07, 6.45) is 3.48. The van der Waals surface area contributed by atoms with Gasteiger partial charge in [-0.2, -0.15) is 20.2 Å². The zero-order valence-electron chi connectivity index (χ0n) is 22.3. The van der Waals surface area contributed by atoms with Crippen LogP contribution in [0.4, 0.5) is 20.6 Å². The normalized spacial score (nSPS) is 24.7. The lowest BCUT2D eigenvalue weighted by molar-refractivity contribution is 0.107. The number of hydrogen-bond acceptors (Lipinski definition) is 11. The van der Waals surface area contributed by atoms with Gasteiger partial charge in [0.2, 0.25) is 0 Å². The fourth-order valence-electron chi connectivity index (χ4n) is 6.55. The molecule has 0 amide bonds. The summed E-state index contributed by atoms with van der Waals surface area (Å²) < 4.78 is 40.3. The minimum Gasteiger partial charge on any atom is -0.461 e. The molecule has 7 rings (SSSR count). The first-order chi connectivity index (χ1) is 19.9. The molecule has 1 unspecified atom stereocenters. The molecule has 3 fully saturated rings. The van der Waals surface area contributed by atoms with Gasteiger partial charge in [-0.25, -0.2) is 8.78 Å². The van der Waals surface area contributed by atoms with Crippen molar-refractivity contribution in [3.05, 3.63) is 30.2 Å². The van der Waals surface area contributed by atoms with E-state index in [9.17, 15) is 14.0 Å². The number of benzene rings is 1. The van der Waals surface area contributed by atoms with Gasteiger partial charge in [-0.15, -0.1) is 0 Å². The van der Waals surface area contributed by atoms with Crippen LogP contribution in [0.2, 0.25) is 0 Å². The Morgan fingerprint density at radius 3 is 3.00 bits per heavy atom. The molecule has 212 valence electrons. The summed E-state index contributed by atoms with van der Waals surface area (Å²) in [5, 5.41) is 12.6. The zero-order chi connectivity index (χ0) is 28.1. The van der Waals surface area contributed by atoms with Crippen molar-refractivity contribution < 1.29 is 17.9 Å². The average Bonchev–Trinajstić information content (AvgIpc) is 3.63. The molecule has 4 aromatic rings. The summed E-state index contributed by atoms with van der Waals surface area (Å²) in [4.78, 5) is 22.7. The van der Waals surface area contributed by atoms with Gasteiger partial charge in [0.15, 0.2) is 17.2 Å². The number of nitrogens with two attached hydrogens (primary N) is 1. The van der Waals surface area contributed by atoms with E-state index in [2.05, 4.69) is 26.2 Å². The SMILES string of the molecule is N#CC[C@H]1CN(c2nc(OCC34CCCN3C[C@H](F)C4)nc3cc(-c4ccc(F)c5oc(N)nc45)cnc23)CCN1. The summed E-state index contributed by atoms with van der Waals surface area (Å²) in [6, 6.07) is 7.00. The van der Waals surface area contributed by atoms with Gasteiger partial charge in [-0.1, -0.05) is 0 Å². The third kappa shape index (κ3) is 4.57. The Morgan fingerprint density at radius 2 is 2.12 bits per heavy atom. The van der Waals surface area contributed by atoms with Crippen LogP contribution in [-0.4, -0.2) is 81.9 Å². The number of halogens is 2. The second-order valence-electron chi connectivity index (χ2n) is 11.1. The van der Waals surface area contributed by atoms with Crippen LogP contribution < -0.4 is 20.7 Å². The van der Waals surface area contributed by atoms with E-state index < -0.39 is 12.0 Å². The number of oxazole rings is 1. The molecule has 3 aliphatic rings. The van der Waals surface area contributed by atoms with Crippen molar-refractivity contribution in [2.75, 3.05) is 50.0 Å². The fourth-order valence-corrected chi connectivity index (χ4v) is 6.55. The van der Waals surface area contributed by atoms with Crippen LogP contribution in [0, 0.1) is 17.1 Å². The first-order valence-corrected chi connectivity index (χ1v) is 13.8. The molecular formula is C28H29F2N9O2. The maximum absolute atomic E-state index is 14.4. The minimum atomic E-state index is -0.866. The first-order valence-electron chi connectivity index (χ1n) is 13.8. The highest BCUT2D eigenvalue weighted by Gasteiger charge is 2.49. The van der Waals surface area contributed by atoms with Crippen LogP contribution in [0.3, 0.4) is 0 Å². The van der Waals surface area contributed by atoms with Crippen molar-refractivity contribution in [1.29, 1.82) is 5.26 Å². The van der Waals surface area contributed by atoms with Gasteiger partial charge in [-0.3, -0.25) is 9.88 Å². The quantitative estimate of drug-likeness (QED) is 0.358. The maximum Gasteiger partial charge on any atom is 0.319 e. The summed E-state index contributed by atoms with van der Waals surface area (Å²) in [5.74, 6) is 0.0434. The van der Waals surface area contributed by atoms with Gasteiger partial charge in [-0.05, 0) is 37.6 Å². The molecule has 3 N–H and O–H groups in total. The Kier molecular flexibility index (Phi) is 6.32. The maximum atomic E-state index is 14.4. The number of hydrogen-bond donors (Lipinski definition) is 2. The van der Waals surface area contributed by atoms with Gasteiger partial charge in [0.1, 0.15) is 23.8 Å². The molecule has 13 heteroatoms. The van der Waals surface area contributed by atoms with E-state index >= 15 is 0 Å². The first kappa shape index (κ1) is 25.8. The summed E-state index contributed by atoms with van der Waals surface area (Å²) in [5.41, 5.74) is 7.98. The van der Waals surface area contributed by atoms with Crippen molar-refractivity contribution >= 4 is 34.0 Å². The third-order valence-electron chi connectivity index (χ3n) is 8.44. The molecule has 3 saturated heterocycles. The van der Waals surface area contributed by atoms with Crippen LogP contribution in [0.1, 0.15) is 25.7 Å². The van der Waals surface area contributed by atoms with Gasteiger partial charge in [0.25, 0.3) is 6.01 Å². The zero-order valence-corrected chi connectivity index (χ0v) is 22.3. The van der Waals surface area contributed by atoms with Gasteiger partial charge >= 0.3 is 6.01 Å². The van der Waals surface area contributed by atoms with Crippen LogP contribution >= 0.6 is 0 Å². The van der Waals surface area contributed by atoms with Gasteiger partial charge < -0.3 is 25.1 Å². The number of rotatable bonds is 6. The number of fused-ring (bicyclic) bond motifs is 3. The topological polar surface area (TPSA) is 142 Å². The van der Waals surface area contributed by atoms with E-state index in [0.29, 0.717) is 79.1 Å². The molecule has 41 heavy (non-hydrogen) atoms. The van der Waals surface area contributed by atoms with E-state index in [-0.39, 0.29) is 29.2 Å². The molecule has 0 aliphatic carbocycles. The largest absolute Gasteiger partial charge is 0.461 e. The van der Waals surface area contributed by atoms with Gasteiger partial charge in [0.05, 0.1) is 23.5 Å². The fraction of sp³-hybridized carbons (Fsp3) is 0.464. The lowest BCUT2D eigenvalue weighted by Gasteiger charge is -2.34. The number of ether oxygens (including phenoxy) is 1. The van der Waals surface area contributed by atoms with E-state index in [1.165, 1.54) is 6.07 Å². The van der Waals surface area contributed by atoms with Crippen LogP contribution in [-0.2, 0) is 0 Å². The second-order valence-corrected chi connectivity index (χ2v) is 11.1. The molecular weight excluding hydrogens is 532 g/mol. The smallest absolute Gasteiger partial charge is 0.319 e. The van der Waals surface area contributed by atoms with E-state index in [1.54, 1.807) is 12.3 Å². The third-order valence-corrected chi connectivity index (χ3v) is 8.44. The number of aromatic nitrogens is 4. The molecule has 1 aromatic carbocycles. The predicted molar refractivity (Wildman–Crippen MR) is 147 cm³/mol. The molecule has 3 aromatic heterocycles. The van der Waals surface area contributed by atoms with Crippen molar-refractivity contribution in [3.8, 4) is 23.2 Å². The van der Waals surface area contributed by atoms with Crippen LogP contribution in [0.25, 0.3) is 33.3 Å². The molecule has 11 nitrogen and oxygen atoms in total. The number of pyridine rings is 1. The van der Waals surface area contributed by atoms with Crippen LogP contribution in [0.5, 0.6) is 6.01 Å². The Balaban J connectivity index is 1.29. The Hall–Kier alpha value is -4.15. The highest BCUT2D eigenvalue weighted by Crippen LogP contribution is 2.40. The molecule has 3 atom stereocenters. The van der Waals surface area contributed by atoms with Crippen molar-refractivity contribution in [2.45, 2.75) is 43.4 Å². The summed E-state index contributed by atoms with van der Waals surface area (Å²) in [7, 11) is 0. The molecule has 3 aliphatic heterocycles. The Morgan fingerprint density at radius 1 is 1.22 bits per heavy atom. The number of nitriles is 1. The number of nitrogen functional groups attached to an aromatic ring is 1. The molecule has 0 radical (unpaired) electrons. The lowest BCUT2D eigenvalue weighted by Crippen LogP contribution is -2.51. The highest BCUT2D eigenvalue weighted by atomic mass is 19.1. The molecule has 0 saturated carbocycles. The predicted octanol–water partition coefficient (Wildman–Crippen LogP) is 3.20. The van der Waals surface area contributed by atoms with E-state index in [4.69, 9.17) is 29.8 Å².